The molecule has 3 aliphatic rings. The Balaban J connectivity index is 1.32. The van der Waals surface area contributed by atoms with Crippen molar-refractivity contribution in [3.63, 3.8) is 0 Å². The second-order valence-corrected chi connectivity index (χ2v) is 9.74. The molecule has 1 saturated carbocycles. The number of nitrogens with zero attached hydrogens (tertiary/aromatic N) is 2. The highest BCUT2D eigenvalue weighted by Crippen LogP contribution is 2.38. The van der Waals surface area contributed by atoms with Gasteiger partial charge in [0.1, 0.15) is 11.5 Å². The summed E-state index contributed by atoms with van der Waals surface area (Å²) >= 11 is 6.00. The van der Waals surface area contributed by atoms with Crippen molar-refractivity contribution in [2.75, 3.05) is 19.6 Å². The molecular formula is C26H33ClN2O. The number of fused-ring (bicyclic) bond motifs is 1. The molecule has 2 aliphatic heterocycles. The molecule has 2 heterocycles. The molecular weight excluding hydrogens is 392 g/mol. The summed E-state index contributed by atoms with van der Waals surface area (Å²) < 4.78 is 6.09. The number of hydrogen-bond donors (Lipinski definition) is 0. The first-order valence-electron chi connectivity index (χ1n) is 11.8. The van der Waals surface area contributed by atoms with E-state index in [4.69, 9.17) is 16.3 Å². The summed E-state index contributed by atoms with van der Waals surface area (Å²) in [5.74, 6) is 2.61. The maximum Gasteiger partial charge on any atom is 0.127 e. The zero-order chi connectivity index (χ0) is 20.3. The summed E-state index contributed by atoms with van der Waals surface area (Å²) in [5.41, 5.74) is 1.36. The molecule has 3 fully saturated rings. The van der Waals surface area contributed by atoms with E-state index in [2.05, 4.69) is 28.0 Å². The first-order valence-corrected chi connectivity index (χ1v) is 12.1. The van der Waals surface area contributed by atoms with Gasteiger partial charge in [-0.3, -0.25) is 9.80 Å². The average Bonchev–Trinajstić information content (AvgIpc) is 3.25. The van der Waals surface area contributed by atoms with Gasteiger partial charge in [-0.25, -0.2) is 0 Å². The third-order valence-electron chi connectivity index (χ3n) is 7.37. The lowest BCUT2D eigenvalue weighted by Gasteiger charge is -2.49. The molecule has 2 aromatic carbocycles. The van der Waals surface area contributed by atoms with Crippen LogP contribution in [0.4, 0.5) is 0 Å². The van der Waals surface area contributed by atoms with Gasteiger partial charge >= 0.3 is 0 Å². The van der Waals surface area contributed by atoms with Crippen molar-refractivity contribution in [2.24, 2.45) is 5.92 Å². The fraction of sp³-hybridized carbons (Fsp3) is 0.538. The van der Waals surface area contributed by atoms with Gasteiger partial charge in [0.05, 0.1) is 0 Å². The van der Waals surface area contributed by atoms with Gasteiger partial charge in [0.25, 0.3) is 0 Å². The Morgan fingerprint density at radius 1 is 0.833 bits per heavy atom. The number of piperazine rings is 1. The molecule has 2 aromatic rings. The van der Waals surface area contributed by atoms with Crippen molar-refractivity contribution >= 4 is 11.6 Å². The predicted molar refractivity (Wildman–Crippen MR) is 123 cm³/mol. The van der Waals surface area contributed by atoms with Gasteiger partial charge in [-0.2, -0.15) is 0 Å². The van der Waals surface area contributed by atoms with Gasteiger partial charge in [0.15, 0.2) is 0 Å². The minimum Gasteiger partial charge on any atom is -0.457 e. The van der Waals surface area contributed by atoms with Gasteiger partial charge in [0, 0.05) is 36.7 Å². The Kier molecular flexibility index (Phi) is 6.31. The molecule has 160 valence electrons. The fourth-order valence-corrected chi connectivity index (χ4v) is 6.14. The number of ether oxygens (including phenoxy) is 1. The van der Waals surface area contributed by atoms with Crippen LogP contribution in [0.5, 0.6) is 11.5 Å². The van der Waals surface area contributed by atoms with Gasteiger partial charge in [-0.1, -0.05) is 43.0 Å². The Morgan fingerprint density at radius 3 is 2.50 bits per heavy atom. The van der Waals surface area contributed by atoms with Crippen LogP contribution in [0, 0.1) is 5.92 Å². The van der Waals surface area contributed by atoms with Crippen LogP contribution in [0.25, 0.3) is 0 Å². The summed E-state index contributed by atoms with van der Waals surface area (Å²) in [6.07, 6.45) is 9.89. The first-order chi connectivity index (χ1) is 14.8. The summed E-state index contributed by atoms with van der Waals surface area (Å²) in [4.78, 5) is 5.60. The quantitative estimate of drug-likeness (QED) is 0.555. The lowest BCUT2D eigenvalue weighted by molar-refractivity contribution is -0.00381. The molecule has 0 unspecified atom stereocenters. The monoisotopic (exact) mass is 424 g/mol. The third-order valence-corrected chi connectivity index (χ3v) is 7.62. The van der Waals surface area contributed by atoms with Gasteiger partial charge in [-0.15, -0.1) is 0 Å². The molecule has 0 bridgehead atoms. The summed E-state index contributed by atoms with van der Waals surface area (Å²) in [6, 6.07) is 17.7. The lowest BCUT2D eigenvalue weighted by Crippen LogP contribution is -2.59. The predicted octanol–water partition coefficient (Wildman–Crippen LogP) is 6.36. The molecule has 1 aliphatic carbocycles. The molecule has 0 spiro atoms. The number of halogens is 1. The Morgan fingerprint density at radius 2 is 1.67 bits per heavy atom. The zero-order valence-electron chi connectivity index (χ0n) is 17.8. The average molecular weight is 425 g/mol. The van der Waals surface area contributed by atoms with Crippen molar-refractivity contribution in [3.05, 3.63) is 59.1 Å². The zero-order valence-corrected chi connectivity index (χ0v) is 18.6. The molecule has 0 radical (unpaired) electrons. The van der Waals surface area contributed by atoms with Crippen LogP contribution in [0.3, 0.4) is 0 Å². The number of benzene rings is 2. The van der Waals surface area contributed by atoms with Crippen LogP contribution >= 0.6 is 11.6 Å². The highest BCUT2D eigenvalue weighted by molar-refractivity contribution is 6.30. The second-order valence-electron chi connectivity index (χ2n) is 9.31. The van der Waals surface area contributed by atoms with Gasteiger partial charge in [0.2, 0.25) is 0 Å². The Hall–Kier alpha value is -1.55. The number of hydrogen-bond acceptors (Lipinski definition) is 3. The molecule has 30 heavy (non-hydrogen) atoms. The van der Waals surface area contributed by atoms with Crippen molar-refractivity contribution in [2.45, 2.75) is 63.6 Å². The van der Waals surface area contributed by atoms with Crippen LogP contribution < -0.4 is 4.74 Å². The van der Waals surface area contributed by atoms with E-state index in [1.807, 2.05) is 30.3 Å². The van der Waals surface area contributed by atoms with E-state index in [9.17, 15) is 0 Å². The topological polar surface area (TPSA) is 15.7 Å². The largest absolute Gasteiger partial charge is 0.457 e. The minimum absolute atomic E-state index is 0.724. The minimum atomic E-state index is 0.724. The molecule has 0 N–H and O–H groups in total. The van der Waals surface area contributed by atoms with Crippen molar-refractivity contribution in [3.8, 4) is 11.5 Å². The second kappa shape index (κ2) is 9.30. The third kappa shape index (κ3) is 4.54. The summed E-state index contributed by atoms with van der Waals surface area (Å²) in [6.45, 7) is 4.77. The van der Waals surface area contributed by atoms with E-state index in [1.54, 1.807) is 0 Å². The van der Waals surface area contributed by atoms with E-state index in [0.717, 1.165) is 41.1 Å². The molecule has 0 amide bonds. The Bertz CT molecular complexity index is 833. The molecule has 4 heteroatoms. The maximum atomic E-state index is 6.09. The smallest absolute Gasteiger partial charge is 0.127 e. The van der Waals surface area contributed by atoms with Gasteiger partial charge in [-0.05, 0) is 80.1 Å². The van der Waals surface area contributed by atoms with Crippen LogP contribution in [0.15, 0.2) is 48.5 Å². The lowest BCUT2D eigenvalue weighted by atomic mass is 9.78. The van der Waals surface area contributed by atoms with E-state index in [1.165, 1.54) is 70.1 Å². The molecule has 0 aromatic heterocycles. The summed E-state index contributed by atoms with van der Waals surface area (Å²) in [5, 5.41) is 0.732. The van der Waals surface area contributed by atoms with Gasteiger partial charge < -0.3 is 4.74 Å². The first kappa shape index (κ1) is 20.4. The summed E-state index contributed by atoms with van der Waals surface area (Å²) in [7, 11) is 0. The fourth-order valence-electron chi connectivity index (χ4n) is 6.02. The van der Waals surface area contributed by atoms with Crippen LogP contribution in [0.1, 0.15) is 50.5 Å². The van der Waals surface area contributed by atoms with E-state index < -0.39 is 0 Å². The van der Waals surface area contributed by atoms with Crippen LogP contribution in [0.2, 0.25) is 5.02 Å². The van der Waals surface area contributed by atoms with Crippen LogP contribution in [-0.4, -0.2) is 41.5 Å². The van der Waals surface area contributed by atoms with E-state index >= 15 is 0 Å². The molecule has 5 rings (SSSR count). The maximum absolute atomic E-state index is 6.09. The highest BCUT2D eigenvalue weighted by atomic mass is 35.5. The highest BCUT2D eigenvalue weighted by Gasteiger charge is 2.42. The van der Waals surface area contributed by atoms with Crippen LogP contribution in [-0.2, 0) is 6.54 Å². The normalized spacial score (nSPS) is 25.9. The standard InChI is InChI=1S/C26H33ClN2O/c27-22-11-13-23(14-12-22)30-24-9-4-6-20(18-24)19-29-17-16-28-15-5-10-25(28)26(29)21-7-2-1-3-8-21/h4,6,9,11-14,18,21,25-26H,1-3,5,7-8,10,15-17,19H2/t25-,26-/m1/s1. The van der Waals surface area contributed by atoms with Crippen molar-refractivity contribution in [1.82, 2.24) is 9.80 Å². The van der Waals surface area contributed by atoms with Crippen molar-refractivity contribution < 1.29 is 4.74 Å². The van der Waals surface area contributed by atoms with E-state index in [0.29, 0.717) is 0 Å². The molecule has 3 nitrogen and oxygen atoms in total. The van der Waals surface area contributed by atoms with Crippen molar-refractivity contribution in [1.29, 1.82) is 0 Å². The molecule has 2 atom stereocenters. The Labute approximate surface area is 186 Å². The SMILES string of the molecule is Clc1ccc(Oc2cccc(CN3CCN4CCC[C@@H]4[C@H]3C3CCCCC3)c2)cc1. The number of rotatable bonds is 5. The van der Waals surface area contributed by atoms with E-state index in [-0.39, 0.29) is 0 Å². The molecule has 2 saturated heterocycles.